The SMILES string of the molecule is COCC(=O)N1C[C@H](c2nc(C)no2)[C@H](c2ccccc2)C1. The zero-order chi connectivity index (χ0) is 15.5. The Bertz CT molecular complexity index is 641. The van der Waals surface area contributed by atoms with E-state index in [0.717, 1.165) is 0 Å². The van der Waals surface area contributed by atoms with Crippen LogP contribution in [0.25, 0.3) is 0 Å². The minimum atomic E-state index is -0.0119. The molecule has 22 heavy (non-hydrogen) atoms. The molecule has 1 amide bonds. The number of likely N-dealkylation sites (tertiary alicyclic amines) is 1. The molecule has 0 N–H and O–H groups in total. The maximum absolute atomic E-state index is 12.1. The fraction of sp³-hybridized carbons (Fsp3) is 0.438. The van der Waals surface area contributed by atoms with Crippen molar-refractivity contribution in [1.82, 2.24) is 15.0 Å². The van der Waals surface area contributed by atoms with Crippen LogP contribution >= 0.6 is 0 Å². The van der Waals surface area contributed by atoms with E-state index in [-0.39, 0.29) is 24.3 Å². The molecule has 2 heterocycles. The third-order valence-electron chi connectivity index (χ3n) is 4.03. The van der Waals surface area contributed by atoms with Crippen LogP contribution in [0.5, 0.6) is 0 Å². The molecule has 1 aliphatic heterocycles. The normalized spacial score (nSPS) is 21.3. The van der Waals surface area contributed by atoms with Crippen molar-refractivity contribution in [2.24, 2.45) is 0 Å². The van der Waals surface area contributed by atoms with Gasteiger partial charge in [0, 0.05) is 26.1 Å². The molecule has 6 heteroatoms. The first-order valence-corrected chi connectivity index (χ1v) is 7.31. The molecule has 0 unspecified atom stereocenters. The van der Waals surface area contributed by atoms with Crippen molar-refractivity contribution < 1.29 is 14.1 Å². The number of rotatable bonds is 4. The summed E-state index contributed by atoms with van der Waals surface area (Å²) >= 11 is 0. The Balaban J connectivity index is 1.88. The second-order valence-corrected chi connectivity index (χ2v) is 5.54. The highest BCUT2D eigenvalue weighted by Crippen LogP contribution is 2.38. The largest absolute Gasteiger partial charge is 0.375 e. The van der Waals surface area contributed by atoms with Crippen LogP contribution in [-0.2, 0) is 9.53 Å². The maximum atomic E-state index is 12.1. The van der Waals surface area contributed by atoms with E-state index >= 15 is 0 Å². The van der Waals surface area contributed by atoms with Gasteiger partial charge in [0.05, 0.1) is 5.92 Å². The average Bonchev–Trinajstić information content (AvgIpc) is 3.14. The van der Waals surface area contributed by atoms with E-state index in [1.165, 1.54) is 12.7 Å². The number of hydrogen-bond donors (Lipinski definition) is 0. The zero-order valence-electron chi connectivity index (χ0n) is 12.7. The molecule has 1 saturated heterocycles. The first-order chi connectivity index (χ1) is 10.7. The van der Waals surface area contributed by atoms with Crippen LogP contribution in [0, 0.1) is 6.92 Å². The van der Waals surface area contributed by atoms with Crippen LogP contribution in [0.1, 0.15) is 29.1 Å². The summed E-state index contributed by atoms with van der Waals surface area (Å²) in [4.78, 5) is 18.3. The van der Waals surface area contributed by atoms with E-state index in [0.29, 0.717) is 24.8 Å². The molecule has 1 aromatic carbocycles. The zero-order valence-corrected chi connectivity index (χ0v) is 12.7. The number of methoxy groups -OCH3 is 1. The predicted octanol–water partition coefficient (Wildman–Crippen LogP) is 1.73. The smallest absolute Gasteiger partial charge is 0.248 e. The lowest BCUT2D eigenvalue weighted by atomic mass is 9.89. The Hall–Kier alpha value is -2.21. The lowest BCUT2D eigenvalue weighted by molar-refractivity contribution is -0.134. The molecule has 1 aromatic heterocycles. The van der Waals surface area contributed by atoms with E-state index in [9.17, 15) is 4.79 Å². The van der Waals surface area contributed by atoms with Gasteiger partial charge in [0.15, 0.2) is 5.82 Å². The third kappa shape index (κ3) is 2.87. The summed E-state index contributed by atoms with van der Waals surface area (Å²) in [5, 5.41) is 3.88. The summed E-state index contributed by atoms with van der Waals surface area (Å²) in [5.41, 5.74) is 1.18. The van der Waals surface area contributed by atoms with Gasteiger partial charge in [0.25, 0.3) is 0 Å². The summed E-state index contributed by atoms with van der Waals surface area (Å²) in [6.45, 7) is 3.10. The summed E-state index contributed by atoms with van der Waals surface area (Å²) in [5.74, 6) is 1.37. The van der Waals surface area contributed by atoms with Gasteiger partial charge in [-0.1, -0.05) is 35.5 Å². The van der Waals surface area contributed by atoms with E-state index in [1.807, 2.05) is 23.1 Å². The van der Waals surface area contributed by atoms with Crippen LogP contribution in [0.3, 0.4) is 0 Å². The van der Waals surface area contributed by atoms with Crippen molar-refractivity contribution in [3.8, 4) is 0 Å². The second kappa shape index (κ2) is 6.27. The predicted molar refractivity (Wildman–Crippen MR) is 79.4 cm³/mol. The number of nitrogens with zero attached hydrogens (tertiary/aromatic N) is 3. The van der Waals surface area contributed by atoms with Gasteiger partial charge in [-0.2, -0.15) is 4.98 Å². The molecule has 0 spiro atoms. The van der Waals surface area contributed by atoms with Gasteiger partial charge in [0.2, 0.25) is 11.8 Å². The van der Waals surface area contributed by atoms with E-state index < -0.39 is 0 Å². The van der Waals surface area contributed by atoms with Crippen LogP contribution in [0.2, 0.25) is 0 Å². The maximum Gasteiger partial charge on any atom is 0.248 e. The van der Waals surface area contributed by atoms with Crippen molar-refractivity contribution in [3.63, 3.8) is 0 Å². The molecular formula is C16H19N3O3. The van der Waals surface area contributed by atoms with Gasteiger partial charge in [-0.3, -0.25) is 4.79 Å². The minimum absolute atomic E-state index is 0.0119. The van der Waals surface area contributed by atoms with Crippen LogP contribution in [0.15, 0.2) is 34.9 Å². The van der Waals surface area contributed by atoms with Crippen molar-refractivity contribution in [3.05, 3.63) is 47.6 Å². The molecule has 0 bridgehead atoms. The van der Waals surface area contributed by atoms with Crippen molar-refractivity contribution >= 4 is 5.91 Å². The number of aryl methyl sites for hydroxylation is 1. The standard InChI is InChI=1S/C16H19N3O3/c1-11-17-16(22-18-11)14-9-19(15(20)10-21-2)8-13(14)12-6-4-3-5-7-12/h3-7,13-14H,8-10H2,1-2H3/t13-,14-/m0/s1. The molecule has 2 aromatic rings. The fourth-order valence-electron chi connectivity index (χ4n) is 2.97. The topological polar surface area (TPSA) is 68.5 Å². The Morgan fingerprint density at radius 3 is 2.68 bits per heavy atom. The van der Waals surface area contributed by atoms with Gasteiger partial charge in [0.1, 0.15) is 6.61 Å². The van der Waals surface area contributed by atoms with Crippen LogP contribution < -0.4 is 0 Å². The summed E-state index contributed by atoms with van der Waals surface area (Å²) < 4.78 is 10.3. The molecule has 0 aliphatic carbocycles. The number of ether oxygens (including phenoxy) is 1. The molecule has 6 nitrogen and oxygen atoms in total. The van der Waals surface area contributed by atoms with Gasteiger partial charge in [-0.05, 0) is 12.5 Å². The highest BCUT2D eigenvalue weighted by molar-refractivity contribution is 5.78. The molecule has 1 aliphatic rings. The number of carbonyl (C=O) groups is 1. The van der Waals surface area contributed by atoms with Crippen molar-refractivity contribution in [2.45, 2.75) is 18.8 Å². The number of benzene rings is 1. The monoisotopic (exact) mass is 301 g/mol. The van der Waals surface area contributed by atoms with Gasteiger partial charge >= 0.3 is 0 Å². The molecule has 1 fully saturated rings. The molecular weight excluding hydrogens is 282 g/mol. The first-order valence-electron chi connectivity index (χ1n) is 7.31. The quantitative estimate of drug-likeness (QED) is 0.860. The van der Waals surface area contributed by atoms with Crippen molar-refractivity contribution in [2.75, 3.05) is 26.8 Å². The van der Waals surface area contributed by atoms with Crippen molar-refractivity contribution in [1.29, 1.82) is 0 Å². The minimum Gasteiger partial charge on any atom is -0.375 e. The summed E-state index contributed by atoms with van der Waals surface area (Å²) in [6, 6.07) is 10.1. The Morgan fingerprint density at radius 2 is 2.05 bits per heavy atom. The number of aromatic nitrogens is 2. The molecule has 0 saturated carbocycles. The molecule has 2 atom stereocenters. The Kier molecular flexibility index (Phi) is 4.20. The average molecular weight is 301 g/mol. The molecule has 0 radical (unpaired) electrons. The van der Waals surface area contributed by atoms with Gasteiger partial charge in [-0.15, -0.1) is 0 Å². The molecule has 3 rings (SSSR count). The number of carbonyl (C=O) groups excluding carboxylic acids is 1. The lowest BCUT2D eigenvalue weighted by Crippen LogP contribution is -2.31. The van der Waals surface area contributed by atoms with Gasteiger partial charge in [-0.25, -0.2) is 0 Å². The number of amides is 1. The second-order valence-electron chi connectivity index (χ2n) is 5.54. The summed E-state index contributed by atoms with van der Waals surface area (Å²) in [6.07, 6.45) is 0. The molecule has 116 valence electrons. The van der Waals surface area contributed by atoms with Crippen LogP contribution in [0.4, 0.5) is 0 Å². The highest BCUT2D eigenvalue weighted by atomic mass is 16.5. The van der Waals surface area contributed by atoms with E-state index in [1.54, 1.807) is 6.92 Å². The highest BCUT2D eigenvalue weighted by Gasteiger charge is 2.39. The van der Waals surface area contributed by atoms with E-state index in [4.69, 9.17) is 9.26 Å². The third-order valence-corrected chi connectivity index (χ3v) is 4.03. The van der Waals surface area contributed by atoms with Gasteiger partial charge < -0.3 is 14.2 Å². The fourth-order valence-corrected chi connectivity index (χ4v) is 2.97. The lowest BCUT2D eigenvalue weighted by Gasteiger charge is -2.16. The van der Waals surface area contributed by atoms with E-state index in [2.05, 4.69) is 22.3 Å². The number of hydrogen-bond acceptors (Lipinski definition) is 5. The summed E-state index contributed by atoms with van der Waals surface area (Å²) in [7, 11) is 1.53. The Labute approximate surface area is 129 Å². The van der Waals surface area contributed by atoms with Crippen LogP contribution in [-0.4, -0.2) is 47.8 Å². The Morgan fingerprint density at radius 1 is 1.32 bits per heavy atom. The first kappa shape index (κ1) is 14.7.